The first-order chi connectivity index (χ1) is 10.5. The number of anilines is 1. The second kappa shape index (κ2) is 7.95. The molecule has 0 atom stereocenters. The lowest BCUT2D eigenvalue weighted by Crippen LogP contribution is -2.47. The van der Waals surface area contributed by atoms with Gasteiger partial charge in [-0.05, 0) is 44.9 Å². The van der Waals surface area contributed by atoms with Crippen molar-refractivity contribution in [3.05, 3.63) is 29.8 Å². The molecule has 124 valence electrons. The summed E-state index contributed by atoms with van der Waals surface area (Å²) in [6, 6.07) is 8.83. The zero-order valence-electron chi connectivity index (χ0n) is 14.3. The Morgan fingerprint density at radius 3 is 2.55 bits per heavy atom. The molecule has 1 aliphatic heterocycles. The second-order valence-electron chi connectivity index (χ2n) is 6.86. The van der Waals surface area contributed by atoms with Crippen molar-refractivity contribution >= 4 is 5.69 Å². The van der Waals surface area contributed by atoms with Gasteiger partial charge in [-0.25, -0.2) is 0 Å². The summed E-state index contributed by atoms with van der Waals surface area (Å²) >= 11 is 0. The lowest BCUT2D eigenvalue weighted by molar-refractivity contribution is 0.111. The van der Waals surface area contributed by atoms with Crippen molar-refractivity contribution in [1.29, 1.82) is 0 Å². The molecule has 4 nitrogen and oxygen atoms in total. The number of nitrogens with two attached hydrogens (primary N) is 1. The molecule has 1 aromatic rings. The molecule has 1 fully saturated rings. The predicted octanol–water partition coefficient (Wildman–Crippen LogP) is 2.12. The summed E-state index contributed by atoms with van der Waals surface area (Å²) in [4.78, 5) is 4.96. The average molecular weight is 305 g/mol. The quantitative estimate of drug-likeness (QED) is 0.784. The van der Waals surface area contributed by atoms with Gasteiger partial charge in [0.2, 0.25) is 0 Å². The van der Waals surface area contributed by atoms with E-state index in [1.54, 1.807) is 0 Å². The van der Waals surface area contributed by atoms with Crippen LogP contribution in [0.1, 0.15) is 26.3 Å². The van der Waals surface area contributed by atoms with E-state index in [0.29, 0.717) is 0 Å². The van der Waals surface area contributed by atoms with E-state index in [-0.39, 0.29) is 5.54 Å². The van der Waals surface area contributed by atoms with Crippen LogP contribution in [-0.4, -0.2) is 56.4 Å². The van der Waals surface area contributed by atoms with Crippen LogP contribution in [0.3, 0.4) is 0 Å². The van der Waals surface area contributed by atoms with Gasteiger partial charge in [-0.3, -0.25) is 4.90 Å². The minimum absolute atomic E-state index is 0.156. The first kappa shape index (κ1) is 17.3. The number of nitrogens with zero attached hydrogens (tertiary/aromatic N) is 2. The minimum atomic E-state index is -0.156. The van der Waals surface area contributed by atoms with Crippen LogP contribution in [0, 0.1) is 0 Å². The van der Waals surface area contributed by atoms with Gasteiger partial charge in [-0.2, -0.15) is 0 Å². The summed E-state index contributed by atoms with van der Waals surface area (Å²) in [7, 11) is 0. The number of ether oxygens (including phenoxy) is 1. The van der Waals surface area contributed by atoms with Crippen LogP contribution in [0.25, 0.3) is 0 Å². The molecule has 0 aromatic heterocycles. The molecule has 22 heavy (non-hydrogen) atoms. The Bertz CT molecular complexity index is 448. The maximum atomic E-state index is 6.14. The van der Waals surface area contributed by atoms with Gasteiger partial charge < -0.3 is 15.4 Å². The maximum Gasteiger partial charge on any atom is 0.0593 e. The molecule has 0 spiro atoms. The summed E-state index contributed by atoms with van der Waals surface area (Å²) in [6.07, 6.45) is 0.912. The first-order valence-corrected chi connectivity index (χ1v) is 8.41. The van der Waals surface area contributed by atoms with E-state index in [4.69, 9.17) is 10.5 Å². The van der Waals surface area contributed by atoms with Gasteiger partial charge in [-0.1, -0.05) is 12.1 Å². The Morgan fingerprint density at radius 2 is 1.91 bits per heavy atom. The van der Waals surface area contributed by atoms with E-state index in [2.05, 4.69) is 47.9 Å². The molecule has 1 heterocycles. The molecule has 2 N–H and O–H groups in total. The van der Waals surface area contributed by atoms with E-state index >= 15 is 0 Å². The van der Waals surface area contributed by atoms with Crippen molar-refractivity contribution in [2.75, 3.05) is 50.8 Å². The molecule has 0 aliphatic carbocycles. The van der Waals surface area contributed by atoms with Crippen LogP contribution in [0.4, 0.5) is 5.69 Å². The molecule has 1 aliphatic rings. The molecule has 0 saturated carbocycles. The summed E-state index contributed by atoms with van der Waals surface area (Å²) in [6.45, 7) is 13.3. The predicted molar refractivity (Wildman–Crippen MR) is 93.6 cm³/mol. The largest absolute Gasteiger partial charge is 0.380 e. The van der Waals surface area contributed by atoms with Gasteiger partial charge in [0.15, 0.2) is 0 Å². The molecule has 4 heteroatoms. The monoisotopic (exact) mass is 305 g/mol. The van der Waals surface area contributed by atoms with Gasteiger partial charge in [-0.15, -0.1) is 0 Å². The van der Waals surface area contributed by atoms with Gasteiger partial charge in [0, 0.05) is 50.6 Å². The van der Waals surface area contributed by atoms with Crippen molar-refractivity contribution in [2.45, 2.75) is 32.7 Å². The van der Waals surface area contributed by atoms with E-state index in [9.17, 15) is 0 Å². The fraction of sp³-hybridized carbons (Fsp3) is 0.667. The smallest absolute Gasteiger partial charge is 0.0593 e. The van der Waals surface area contributed by atoms with E-state index in [1.807, 2.05) is 6.92 Å². The highest BCUT2D eigenvalue weighted by Crippen LogP contribution is 2.20. The van der Waals surface area contributed by atoms with Crippen molar-refractivity contribution < 1.29 is 4.74 Å². The Labute approximate surface area is 135 Å². The number of piperazine rings is 1. The number of hydrogen-bond acceptors (Lipinski definition) is 4. The molecule has 2 rings (SSSR count). The van der Waals surface area contributed by atoms with Gasteiger partial charge in [0.25, 0.3) is 0 Å². The topological polar surface area (TPSA) is 41.7 Å². The SMILES string of the molecule is CCOCCN1CCN(c2cccc(CC(C)(C)N)c2)CC1. The summed E-state index contributed by atoms with van der Waals surface area (Å²) in [5, 5.41) is 0. The highest BCUT2D eigenvalue weighted by Gasteiger charge is 2.18. The van der Waals surface area contributed by atoms with Crippen molar-refractivity contribution in [1.82, 2.24) is 4.90 Å². The van der Waals surface area contributed by atoms with Gasteiger partial charge in [0.1, 0.15) is 0 Å². The lowest BCUT2D eigenvalue weighted by Gasteiger charge is -2.36. The Balaban J connectivity index is 1.87. The zero-order chi connectivity index (χ0) is 16.0. The van der Waals surface area contributed by atoms with Crippen molar-refractivity contribution in [3.63, 3.8) is 0 Å². The molecule has 0 bridgehead atoms. The van der Waals surface area contributed by atoms with Crippen LogP contribution in [0.5, 0.6) is 0 Å². The third kappa shape index (κ3) is 5.59. The lowest BCUT2D eigenvalue weighted by atomic mass is 9.96. The van der Waals surface area contributed by atoms with Crippen molar-refractivity contribution in [3.8, 4) is 0 Å². The summed E-state index contributed by atoms with van der Waals surface area (Å²) in [5.41, 5.74) is 8.63. The Hall–Kier alpha value is -1.10. The number of rotatable bonds is 7. The normalized spacial score (nSPS) is 17.0. The fourth-order valence-corrected chi connectivity index (χ4v) is 2.96. The van der Waals surface area contributed by atoms with Gasteiger partial charge >= 0.3 is 0 Å². The standard InChI is InChI=1S/C18H31N3O/c1-4-22-13-12-20-8-10-21(11-9-20)17-7-5-6-16(14-17)15-18(2,3)19/h5-7,14H,4,8-13,15,19H2,1-3H3. The second-order valence-corrected chi connectivity index (χ2v) is 6.86. The number of benzene rings is 1. The summed E-state index contributed by atoms with van der Waals surface area (Å²) < 4.78 is 5.44. The van der Waals surface area contributed by atoms with E-state index in [0.717, 1.165) is 52.4 Å². The molecule has 0 unspecified atom stereocenters. The minimum Gasteiger partial charge on any atom is -0.380 e. The van der Waals surface area contributed by atoms with E-state index in [1.165, 1.54) is 11.3 Å². The van der Waals surface area contributed by atoms with Crippen molar-refractivity contribution in [2.24, 2.45) is 5.73 Å². The average Bonchev–Trinajstić information content (AvgIpc) is 2.47. The third-order valence-corrected chi connectivity index (χ3v) is 4.06. The highest BCUT2D eigenvalue weighted by molar-refractivity contribution is 5.49. The zero-order valence-corrected chi connectivity index (χ0v) is 14.3. The van der Waals surface area contributed by atoms with Crippen LogP contribution in [0.15, 0.2) is 24.3 Å². The molecule has 1 aromatic carbocycles. The number of hydrogen-bond donors (Lipinski definition) is 1. The third-order valence-electron chi connectivity index (χ3n) is 4.06. The van der Waals surface area contributed by atoms with Crippen LogP contribution in [0.2, 0.25) is 0 Å². The molecular formula is C18H31N3O. The Morgan fingerprint density at radius 1 is 1.18 bits per heavy atom. The van der Waals surface area contributed by atoms with E-state index < -0.39 is 0 Å². The molecule has 0 radical (unpaired) electrons. The molecular weight excluding hydrogens is 274 g/mol. The Kier molecular flexibility index (Phi) is 6.24. The fourth-order valence-electron chi connectivity index (χ4n) is 2.96. The van der Waals surface area contributed by atoms with Gasteiger partial charge in [0.05, 0.1) is 6.61 Å². The maximum absolute atomic E-state index is 6.14. The highest BCUT2D eigenvalue weighted by atomic mass is 16.5. The van der Waals surface area contributed by atoms with Crippen LogP contribution < -0.4 is 10.6 Å². The summed E-state index contributed by atoms with van der Waals surface area (Å²) in [5.74, 6) is 0. The van der Waals surface area contributed by atoms with Crippen LogP contribution >= 0.6 is 0 Å². The molecule has 1 saturated heterocycles. The molecule has 0 amide bonds. The van der Waals surface area contributed by atoms with Crippen LogP contribution in [-0.2, 0) is 11.2 Å². The first-order valence-electron chi connectivity index (χ1n) is 8.41.